The van der Waals surface area contributed by atoms with Gasteiger partial charge in [0.1, 0.15) is 15.5 Å². The first-order chi connectivity index (χ1) is 11.6. The first-order valence-corrected chi connectivity index (χ1v) is 9.33. The van der Waals surface area contributed by atoms with Crippen LogP contribution < -0.4 is 5.56 Å². The molecule has 0 fully saturated rings. The van der Waals surface area contributed by atoms with Crippen molar-refractivity contribution in [2.24, 2.45) is 0 Å². The van der Waals surface area contributed by atoms with Crippen molar-refractivity contribution < 1.29 is 0 Å². The van der Waals surface area contributed by atoms with Crippen LogP contribution in [0.25, 0.3) is 20.4 Å². The maximum Gasteiger partial charge on any atom is 0.268 e. The summed E-state index contributed by atoms with van der Waals surface area (Å²) in [7, 11) is 2.02. The van der Waals surface area contributed by atoms with Gasteiger partial charge in [0.2, 0.25) is 0 Å². The van der Waals surface area contributed by atoms with Crippen LogP contribution in [-0.4, -0.2) is 26.9 Å². The van der Waals surface area contributed by atoms with Gasteiger partial charge in [-0.2, -0.15) is 0 Å². The molecule has 0 amide bonds. The van der Waals surface area contributed by atoms with Gasteiger partial charge in [0.25, 0.3) is 5.56 Å². The molecule has 122 valence electrons. The lowest BCUT2D eigenvalue weighted by Gasteiger charge is -2.22. The maximum absolute atomic E-state index is 12.1. The minimum Gasteiger partial charge on any atom is -0.308 e. The first kappa shape index (κ1) is 15.4. The lowest BCUT2D eigenvalue weighted by Crippen LogP contribution is -2.24. The van der Waals surface area contributed by atoms with E-state index in [0.29, 0.717) is 17.1 Å². The minimum atomic E-state index is -0.0639. The van der Waals surface area contributed by atoms with Crippen molar-refractivity contribution in [3.8, 4) is 0 Å². The van der Waals surface area contributed by atoms with Gasteiger partial charge in [-0.25, -0.2) is 9.97 Å². The van der Waals surface area contributed by atoms with Gasteiger partial charge in [-0.1, -0.05) is 12.1 Å². The summed E-state index contributed by atoms with van der Waals surface area (Å²) in [4.78, 5) is 26.4. The SMILES string of the molecule is C[C@H](c1nc2ccccc2s1)N(C)Cc1nc2ccsc2c(=O)[nH]1. The molecule has 0 spiro atoms. The van der Waals surface area contributed by atoms with Gasteiger partial charge < -0.3 is 4.98 Å². The van der Waals surface area contributed by atoms with Crippen molar-refractivity contribution >= 4 is 43.1 Å². The summed E-state index contributed by atoms with van der Waals surface area (Å²) in [6.45, 7) is 2.69. The number of rotatable bonds is 4. The van der Waals surface area contributed by atoms with Crippen molar-refractivity contribution in [1.82, 2.24) is 19.9 Å². The Hall–Kier alpha value is -2.09. The summed E-state index contributed by atoms with van der Waals surface area (Å²) in [5, 5.41) is 2.96. The average Bonchev–Trinajstić information content (AvgIpc) is 3.20. The summed E-state index contributed by atoms with van der Waals surface area (Å²) in [6, 6.07) is 10.2. The Labute approximate surface area is 146 Å². The number of benzene rings is 1. The van der Waals surface area contributed by atoms with Crippen molar-refractivity contribution in [2.75, 3.05) is 7.05 Å². The first-order valence-electron chi connectivity index (χ1n) is 7.64. The Morgan fingerprint density at radius 2 is 2.04 bits per heavy atom. The second kappa shape index (κ2) is 6.08. The highest BCUT2D eigenvalue weighted by Gasteiger charge is 2.17. The van der Waals surface area contributed by atoms with Crippen LogP contribution in [0.15, 0.2) is 40.5 Å². The van der Waals surface area contributed by atoms with E-state index >= 15 is 0 Å². The topological polar surface area (TPSA) is 61.9 Å². The van der Waals surface area contributed by atoms with Gasteiger partial charge in [0, 0.05) is 0 Å². The molecule has 0 radical (unpaired) electrons. The second-order valence-electron chi connectivity index (χ2n) is 5.76. The highest BCUT2D eigenvalue weighted by Crippen LogP contribution is 2.29. The zero-order valence-corrected chi connectivity index (χ0v) is 14.9. The van der Waals surface area contributed by atoms with E-state index in [-0.39, 0.29) is 11.6 Å². The van der Waals surface area contributed by atoms with Crippen molar-refractivity contribution in [3.05, 3.63) is 56.9 Å². The Bertz CT molecular complexity index is 1030. The molecule has 4 rings (SSSR count). The zero-order valence-electron chi connectivity index (χ0n) is 13.3. The van der Waals surface area contributed by atoms with Crippen molar-refractivity contribution in [3.63, 3.8) is 0 Å². The molecule has 3 heterocycles. The second-order valence-corrected chi connectivity index (χ2v) is 7.74. The lowest BCUT2D eigenvalue weighted by molar-refractivity contribution is 0.246. The molecule has 5 nitrogen and oxygen atoms in total. The summed E-state index contributed by atoms with van der Waals surface area (Å²) in [6.07, 6.45) is 0. The summed E-state index contributed by atoms with van der Waals surface area (Å²) >= 11 is 3.13. The monoisotopic (exact) mass is 356 g/mol. The Balaban J connectivity index is 1.59. The van der Waals surface area contributed by atoms with Crippen molar-refractivity contribution in [1.29, 1.82) is 0 Å². The fourth-order valence-electron chi connectivity index (χ4n) is 2.63. The summed E-state index contributed by atoms with van der Waals surface area (Å²) in [5.74, 6) is 0.682. The van der Waals surface area contributed by atoms with Crippen LogP contribution in [0, 0.1) is 0 Å². The molecule has 0 unspecified atom stereocenters. The molecule has 24 heavy (non-hydrogen) atoms. The Morgan fingerprint density at radius 1 is 1.21 bits per heavy atom. The number of thiazole rings is 1. The molecule has 1 N–H and O–H groups in total. The van der Waals surface area contributed by atoms with E-state index in [1.807, 2.05) is 36.7 Å². The van der Waals surface area contributed by atoms with E-state index in [9.17, 15) is 4.79 Å². The molecule has 0 saturated heterocycles. The van der Waals surface area contributed by atoms with Crippen LogP contribution in [0.1, 0.15) is 23.8 Å². The van der Waals surface area contributed by atoms with E-state index in [1.165, 1.54) is 16.0 Å². The zero-order chi connectivity index (χ0) is 16.7. The summed E-state index contributed by atoms with van der Waals surface area (Å²) in [5.41, 5.74) is 1.73. The largest absolute Gasteiger partial charge is 0.308 e. The van der Waals surface area contributed by atoms with E-state index in [0.717, 1.165) is 16.0 Å². The fourth-order valence-corrected chi connectivity index (χ4v) is 4.44. The molecule has 1 atom stereocenters. The molecule has 4 aromatic rings. The summed E-state index contributed by atoms with van der Waals surface area (Å²) < 4.78 is 1.87. The fraction of sp³-hybridized carbons (Fsp3) is 0.235. The number of thiophene rings is 1. The van der Waals surface area contributed by atoms with Crippen LogP contribution in [-0.2, 0) is 6.54 Å². The van der Waals surface area contributed by atoms with E-state index in [1.54, 1.807) is 11.3 Å². The van der Waals surface area contributed by atoms with Gasteiger partial charge in [-0.3, -0.25) is 9.69 Å². The van der Waals surface area contributed by atoms with Gasteiger partial charge in [-0.15, -0.1) is 22.7 Å². The predicted molar refractivity (Wildman–Crippen MR) is 99.7 cm³/mol. The lowest BCUT2D eigenvalue weighted by atomic mass is 10.3. The molecule has 0 aliphatic heterocycles. The van der Waals surface area contributed by atoms with Crippen LogP contribution >= 0.6 is 22.7 Å². The van der Waals surface area contributed by atoms with E-state index < -0.39 is 0 Å². The third-order valence-corrected chi connectivity index (χ3v) is 6.20. The smallest absolute Gasteiger partial charge is 0.268 e. The Kier molecular flexibility index (Phi) is 3.91. The molecule has 0 aliphatic carbocycles. The van der Waals surface area contributed by atoms with E-state index in [4.69, 9.17) is 4.98 Å². The highest BCUT2D eigenvalue weighted by molar-refractivity contribution is 7.18. The number of hydrogen-bond acceptors (Lipinski definition) is 6. The number of hydrogen-bond donors (Lipinski definition) is 1. The number of aromatic nitrogens is 3. The Morgan fingerprint density at radius 3 is 2.88 bits per heavy atom. The molecule has 3 aromatic heterocycles. The van der Waals surface area contributed by atoms with Gasteiger partial charge >= 0.3 is 0 Å². The standard InChI is InChI=1S/C17H16N4OS2/c1-10(17-19-11-5-3-4-6-13(11)24-17)21(2)9-14-18-12-7-8-23-15(12)16(22)20-14/h3-8,10H,9H2,1-2H3,(H,18,20,22)/t10-/m1/s1. The van der Waals surface area contributed by atoms with Gasteiger partial charge in [0.15, 0.2) is 0 Å². The van der Waals surface area contributed by atoms with Gasteiger partial charge in [-0.05, 0) is 37.6 Å². The maximum atomic E-state index is 12.1. The normalized spacial score (nSPS) is 13.1. The third-order valence-electron chi connectivity index (χ3n) is 4.09. The number of aromatic amines is 1. The molecule has 1 aromatic carbocycles. The van der Waals surface area contributed by atoms with Crippen LogP contribution in [0.5, 0.6) is 0 Å². The number of nitrogens with zero attached hydrogens (tertiary/aromatic N) is 3. The molecule has 0 bridgehead atoms. The van der Waals surface area contributed by atoms with Crippen LogP contribution in [0.4, 0.5) is 0 Å². The van der Waals surface area contributed by atoms with Gasteiger partial charge in [0.05, 0.1) is 28.3 Å². The molecule has 0 aliphatic rings. The number of para-hydroxylation sites is 1. The minimum absolute atomic E-state index is 0.0639. The molecule has 7 heteroatoms. The predicted octanol–water partition coefficient (Wildman–Crippen LogP) is 3.79. The van der Waals surface area contributed by atoms with Crippen LogP contribution in [0.3, 0.4) is 0 Å². The molecular formula is C17H16N4OS2. The number of H-pyrrole nitrogens is 1. The van der Waals surface area contributed by atoms with E-state index in [2.05, 4.69) is 27.9 Å². The number of nitrogens with one attached hydrogen (secondary N) is 1. The quantitative estimate of drug-likeness (QED) is 0.604. The molecular weight excluding hydrogens is 340 g/mol. The van der Waals surface area contributed by atoms with Crippen molar-refractivity contribution in [2.45, 2.75) is 19.5 Å². The molecule has 0 saturated carbocycles. The third kappa shape index (κ3) is 2.75. The average molecular weight is 356 g/mol. The van der Waals surface area contributed by atoms with Crippen LogP contribution in [0.2, 0.25) is 0 Å². The highest BCUT2D eigenvalue weighted by atomic mass is 32.1. The number of fused-ring (bicyclic) bond motifs is 2.